The number of imide groups is 1. The second-order valence-electron chi connectivity index (χ2n) is 6.52. The summed E-state index contributed by atoms with van der Waals surface area (Å²) in [6, 6.07) is 9.12. The summed E-state index contributed by atoms with van der Waals surface area (Å²) in [6.07, 6.45) is -0.0106. The quantitative estimate of drug-likeness (QED) is 0.584. The number of carbonyl (C=O) groups excluding carboxylic acids is 3. The van der Waals surface area contributed by atoms with Gasteiger partial charge in [-0.3, -0.25) is 19.3 Å². The summed E-state index contributed by atoms with van der Waals surface area (Å²) >= 11 is 0. The number of ketones is 1. The zero-order valence-corrected chi connectivity index (χ0v) is 16.0. The van der Waals surface area contributed by atoms with E-state index in [0.717, 1.165) is 4.90 Å². The number of anilines is 1. The molecule has 0 saturated heterocycles. The Morgan fingerprint density at radius 2 is 1.89 bits per heavy atom. The fraction of sp³-hybridized carbons (Fsp3) is 0.286. The minimum absolute atomic E-state index is 0.0106. The van der Waals surface area contributed by atoms with E-state index >= 15 is 0 Å². The van der Waals surface area contributed by atoms with E-state index in [-0.39, 0.29) is 29.0 Å². The van der Waals surface area contributed by atoms with Gasteiger partial charge in [0.05, 0.1) is 30.9 Å². The number of hydrogen-bond acceptors (Lipinski definition) is 6. The number of amides is 2. The lowest BCUT2D eigenvalue weighted by Gasteiger charge is -2.26. The van der Waals surface area contributed by atoms with E-state index in [9.17, 15) is 14.4 Å². The normalized spacial score (nSPS) is 14.0. The van der Waals surface area contributed by atoms with Gasteiger partial charge in [0.25, 0.3) is 11.8 Å². The maximum absolute atomic E-state index is 13.0. The molecule has 3 rings (SSSR count). The van der Waals surface area contributed by atoms with Crippen molar-refractivity contribution in [1.29, 1.82) is 0 Å². The van der Waals surface area contributed by atoms with Gasteiger partial charge in [0.1, 0.15) is 5.78 Å². The van der Waals surface area contributed by atoms with Crippen molar-refractivity contribution < 1.29 is 23.9 Å². The highest BCUT2D eigenvalue weighted by molar-refractivity contribution is 6.23. The molecule has 146 valence electrons. The Morgan fingerprint density at radius 3 is 2.50 bits per heavy atom. The number of benzene rings is 2. The van der Waals surface area contributed by atoms with E-state index in [1.54, 1.807) is 36.4 Å². The molecule has 1 heterocycles. The number of fused-ring (bicyclic) bond motifs is 1. The number of carbonyl (C=O) groups is 3. The van der Waals surface area contributed by atoms with Crippen LogP contribution in [0.1, 0.15) is 52.6 Å². The van der Waals surface area contributed by atoms with Crippen molar-refractivity contribution in [3.63, 3.8) is 0 Å². The Bertz CT molecular complexity index is 954. The fourth-order valence-electron chi connectivity index (χ4n) is 3.41. The van der Waals surface area contributed by atoms with Crippen molar-refractivity contribution in [2.75, 3.05) is 19.5 Å². The van der Waals surface area contributed by atoms with Crippen LogP contribution in [0.25, 0.3) is 0 Å². The Labute approximate surface area is 163 Å². The molecule has 2 aromatic rings. The molecule has 1 atom stereocenters. The molecule has 0 spiro atoms. The van der Waals surface area contributed by atoms with Crippen LogP contribution in [0, 0.1) is 0 Å². The standard InChI is InChI=1S/C21H22N2O5/c1-4-28-18-11-13(8-9-17(18)27-3)16(10-12(2)24)23-20(25)14-6-5-7-15(22)19(14)21(23)26/h5-9,11,16H,4,10,22H2,1-3H3/t16-/m1/s1. The third-order valence-electron chi connectivity index (χ3n) is 4.64. The second-order valence-corrected chi connectivity index (χ2v) is 6.52. The van der Waals surface area contributed by atoms with E-state index < -0.39 is 17.9 Å². The van der Waals surface area contributed by atoms with Crippen molar-refractivity contribution in [2.45, 2.75) is 26.3 Å². The lowest BCUT2D eigenvalue weighted by Crippen LogP contribution is -2.35. The van der Waals surface area contributed by atoms with Crippen molar-refractivity contribution >= 4 is 23.3 Å². The largest absolute Gasteiger partial charge is 0.493 e. The minimum Gasteiger partial charge on any atom is -0.493 e. The Hall–Kier alpha value is -3.35. The SMILES string of the molecule is CCOc1cc([C@@H](CC(C)=O)N2C(=O)c3cccc(N)c3C2=O)ccc1OC. The van der Waals surface area contributed by atoms with E-state index in [0.29, 0.717) is 23.7 Å². The average Bonchev–Trinajstić information content (AvgIpc) is 2.91. The first-order valence-corrected chi connectivity index (χ1v) is 8.95. The van der Waals surface area contributed by atoms with Gasteiger partial charge in [0.2, 0.25) is 0 Å². The summed E-state index contributed by atoms with van der Waals surface area (Å²) in [5.41, 5.74) is 7.20. The van der Waals surface area contributed by atoms with E-state index in [1.807, 2.05) is 6.92 Å². The van der Waals surface area contributed by atoms with Crippen LogP contribution < -0.4 is 15.2 Å². The van der Waals surface area contributed by atoms with Gasteiger partial charge in [-0.1, -0.05) is 12.1 Å². The fourth-order valence-corrected chi connectivity index (χ4v) is 3.41. The highest BCUT2D eigenvalue weighted by atomic mass is 16.5. The second kappa shape index (κ2) is 7.72. The van der Waals surface area contributed by atoms with Crippen molar-refractivity contribution in [3.8, 4) is 11.5 Å². The van der Waals surface area contributed by atoms with Gasteiger partial charge < -0.3 is 15.2 Å². The summed E-state index contributed by atoms with van der Waals surface area (Å²) < 4.78 is 10.9. The molecular formula is C21H22N2O5. The van der Waals surface area contributed by atoms with Gasteiger partial charge in [0, 0.05) is 12.1 Å². The van der Waals surface area contributed by atoms with Gasteiger partial charge in [0.15, 0.2) is 11.5 Å². The first-order chi connectivity index (χ1) is 13.4. The summed E-state index contributed by atoms with van der Waals surface area (Å²) in [5, 5.41) is 0. The number of Topliss-reactive ketones (excluding diaryl/α,β-unsaturated/α-hetero) is 1. The molecular weight excluding hydrogens is 360 g/mol. The van der Waals surface area contributed by atoms with Crippen LogP contribution in [-0.4, -0.2) is 36.2 Å². The van der Waals surface area contributed by atoms with E-state index in [2.05, 4.69) is 0 Å². The summed E-state index contributed by atoms with van der Waals surface area (Å²) in [6.45, 7) is 3.68. The number of nitrogens with two attached hydrogens (primary N) is 1. The molecule has 0 unspecified atom stereocenters. The van der Waals surface area contributed by atoms with Crippen molar-refractivity contribution in [2.24, 2.45) is 0 Å². The molecule has 0 aromatic heterocycles. The molecule has 2 aromatic carbocycles. The number of rotatable bonds is 7. The predicted octanol–water partition coefficient (Wildman–Crippen LogP) is 2.99. The van der Waals surface area contributed by atoms with Crippen LogP contribution in [0.5, 0.6) is 11.5 Å². The van der Waals surface area contributed by atoms with Gasteiger partial charge in [-0.05, 0) is 43.7 Å². The van der Waals surface area contributed by atoms with Crippen LogP contribution in [-0.2, 0) is 4.79 Å². The van der Waals surface area contributed by atoms with Crippen molar-refractivity contribution in [3.05, 3.63) is 53.1 Å². The van der Waals surface area contributed by atoms with Crippen LogP contribution in [0.15, 0.2) is 36.4 Å². The zero-order valence-electron chi connectivity index (χ0n) is 16.0. The molecule has 28 heavy (non-hydrogen) atoms. The molecule has 2 N–H and O–H groups in total. The Morgan fingerprint density at radius 1 is 1.14 bits per heavy atom. The van der Waals surface area contributed by atoms with Crippen LogP contribution in [0.4, 0.5) is 5.69 Å². The maximum atomic E-state index is 13.0. The summed E-state index contributed by atoms with van der Waals surface area (Å²) in [4.78, 5) is 39.0. The molecule has 1 aliphatic rings. The Kier molecular flexibility index (Phi) is 5.35. The number of ether oxygens (including phenoxy) is 2. The first-order valence-electron chi connectivity index (χ1n) is 8.95. The molecule has 2 amide bonds. The van der Waals surface area contributed by atoms with E-state index in [4.69, 9.17) is 15.2 Å². The number of methoxy groups -OCH3 is 1. The first kappa shape index (κ1) is 19.4. The smallest absolute Gasteiger partial charge is 0.264 e. The molecule has 0 saturated carbocycles. The van der Waals surface area contributed by atoms with Gasteiger partial charge in [-0.15, -0.1) is 0 Å². The topological polar surface area (TPSA) is 98.9 Å². The maximum Gasteiger partial charge on any atom is 0.264 e. The minimum atomic E-state index is -0.769. The average molecular weight is 382 g/mol. The molecule has 0 aliphatic carbocycles. The van der Waals surface area contributed by atoms with Gasteiger partial charge >= 0.3 is 0 Å². The van der Waals surface area contributed by atoms with Gasteiger partial charge in [-0.2, -0.15) is 0 Å². The zero-order chi connectivity index (χ0) is 20.4. The molecule has 0 fully saturated rings. The third-order valence-corrected chi connectivity index (χ3v) is 4.64. The summed E-state index contributed by atoms with van der Waals surface area (Å²) in [5.74, 6) is -0.111. The number of nitrogen functional groups attached to an aromatic ring is 1. The third kappa shape index (κ3) is 3.31. The molecule has 0 bridgehead atoms. The lowest BCUT2D eigenvalue weighted by atomic mass is 9.99. The molecule has 7 heteroatoms. The van der Waals surface area contributed by atoms with E-state index in [1.165, 1.54) is 14.0 Å². The predicted molar refractivity (Wildman–Crippen MR) is 104 cm³/mol. The van der Waals surface area contributed by atoms with Crippen LogP contribution >= 0.6 is 0 Å². The summed E-state index contributed by atoms with van der Waals surface area (Å²) in [7, 11) is 1.53. The van der Waals surface area contributed by atoms with Crippen molar-refractivity contribution in [1.82, 2.24) is 4.90 Å². The molecule has 0 radical (unpaired) electrons. The van der Waals surface area contributed by atoms with Gasteiger partial charge in [-0.25, -0.2) is 0 Å². The van der Waals surface area contributed by atoms with Crippen LogP contribution in [0.3, 0.4) is 0 Å². The molecule has 1 aliphatic heterocycles. The highest BCUT2D eigenvalue weighted by Crippen LogP contribution is 2.38. The highest BCUT2D eigenvalue weighted by Gasteiger charge is 2.42. The monoisotopic (exact) mass is 382 g/mol. The van der Waals surface area contributed by atoms with Crippen LogP contribution in [0.2, 0.25) is 0 Å². The number of hydrogen-bond donors (Lipinski definition) is 1. The lowest BCUT2D eigenvalue weighted by molar-refractivity contribution is -0.117. The Balaban J connectivity index is 2.09. The number of nitrogens with zero attached hydrogens (tertiary/aromatic N) is 1. The molecule has 7 nitrogen and oxygen atoms in total.